The van der Waals surface area contributed by atoms with Gasteiger partial charge in [-0.25, -0.2) is 4.98 Å². The Morgan fingerprint density at radius 1 is 1.12 bits per heavy atom. The molecule has 0 fully saturated rings. The van der Waals surface area contributed by atoms with Gasteiger partial charge in [-0.15, -0.1) is 0 Å². The highest BCUT2D eigenvalue weighted by atomic mass is 16.5. The average molecular weight is 344 g/mol. The number of fused-ring (bicyclic) bond motifs is 1. The van der Waals surface area contributed by atoms with Gasteiger partial charge in [0.1, 0.15) is 11.4 Å². The van der Waals surface area contributed by atoms with Gasteiger partial charge in [-0.2, -0.15) is 0 Å². The van der Waals surface area contributed by atoms with Gasteiger partial charge < -0.3 is 15.0 Å². The standard InChI is InChI=1S/C20H16N4O2/c1-26-18-11-16(24-20(25)13-4-7-21-8-5-13)2-3-17(18)15-10-14-6-9-22-19(14)23-12-15/h2-12H,1H3,(H,22,23)(H,24,25). The molecular weight excluding hydrogens is 328 g/mol. The van der Waals surface area contributed by atoms with E-state index in [1.54, 1.807) is 43.9 Å². The number of aromatic amines is 1. The molecule has 0 spiro atoms. The highest BCUT2D eigenvalue weighted by molar-refractivity contribution is 6.04. The molecule has 2 N–H and O–H groups in total. The van der Waals surface area contributed by atoms with Crippen molar-refractivity contribution in [2.24, 2.45) is 0 Å². The van der Waals surface area contributed by atoms with Crippen molar-refractivity contribution in [3.63, 3.8) is 0 Å². The summed E-state index contributed by atoms with van der Waals surface area (Å²) < 4.78 is 5.52. The Morgan fingerprint density at radius 2 is 1.96 bits per heavy atom. The van der Waals surface area contributed by atoms with E-state index in [0.29, 0.717) is 17.0 Å². The van der Waals surface area contributed by atoms with Crippen LogP contribution < -0.4 is 10.1 Å². The number of rotatable bonds is 4. The molecule has 0 aliphatic carbocycles. The van der Waals surface area contributed by atoms with E-state index in [1.807, 2.05) is 30.5 Å². The highest BCUT2D eigenvalue weighted by Crippen LogP contribution is 2.33. The number of carbonyl (C=O) groups excluding carboxylic acids is 1. The molecule has 0 saturated carbocycles. The second-order valence-corrected chi connectivity index (χ2v) is 5.74. The smallest absolute Gasteiger partial charge is 0.255 e. The summed E-state index contributed by atoms with van der Waals surface area (Å²) >= 11 is 0. The Kier molecular flexibility index (Phi) is 4.07. The number of hydrogen-bond acceptors (Lipinski definition) is 4. The first-order chi connectivity index (χ1) is 12.7. The molecule has 4 aromatic rings. The monoisotopic (exact) mass is 344 g/mol. The lowest BCUT2D eigenvalue weighted by Gasteiger charge is -2.12. The van der Waals surface area contributed by atoms with Crippen LogP contribution in [0.25, 0.3) is 22.2 Å². The number of nitrogens with zero attached hydrogens (tertiary/aromatic N) is 2. The number of methoxy groups -OCH3 is 1. The summed E-state index contributed by atoms with van der Waals surface area (Å²) in [6.07, 6.45) is 6.83. The van der Waals surface area contributed by atoms with Crippen LogP contribution >= 0.6 is 0 Å². The van der Waals surface area contributed by atoms with E-state index in [4.69, 9.17) is 4.74 Å². The van der Waals surface area contributed by atoms with Crippen molar-refractivity contribution in [2.75, 3.05) is 12.4 Å². The van der Waals surface area contributed by atoms with E-state index in [0.717, 1.165) is 22.2 Å². The van der Waals surface area contributed by atoms with Crippen molar-refractivity contribution in [1.82, 2.24) is 15.0 Å². The third-order valence-corrected chi connectivity index (χ3v) is 4.11. The number of carbonyl (C=O) groups is 1. The van der Waals surface area contributed by atoms with Crippen LogP contribution in [0.5, 0.6) is 5.75 Å². The van der Waals surface area contributed by atoms with E-state index < -0.39 is 0 Å². The maximum absolute atomic E-state index is 12.3. The van der Waals surface area contributed by atoms with E-state index in [-0.39, 0.29) is 5.91 Å². The maximum atomic E-state index is 12.3. The van der Waals surface area contributed by atoms with Gasteiger partial charge in [-0.3, -0.25) is 9.78 Å². The first-order valence-corrected chi connectivity index (χ1v) is 8.07. The van der Waals surface area contributed by atoms with E-state index in [9.17, 15) is 4.79 Å². The van der Waals surface area contributed by atoms with Crippen LogP contribution in [0.4, 0.5) is 5.69 Å². The molecule has 6 heteroatoms. The lowest BCUT2D eigenvalue weighted by molar-refractivity contribution is 0.102. The predicted octanol–water partition coefficient (Wildman–Crippen LogP) is 3.89. The first-order valence-electron chi connectivity index (χ1n) is 8.07. The molecule has 1 aromatic carbocycles. The molecule has 0 bridgehead atoms. The van der Waals surface area contributed by atoms with Gasteiger partial charge in [0.15, 0.2) is 0 Å². The molecule has 0 atom stereocenters. The Morgan fingerprint density at radius 3 is 2.77 bits per heavy atom. The summed E-state index contributed by atoms with van der Waals surface area (Å²) in [6, 6.07) is 12.9. The Labute approximate surface area is 149 Å². The van der Waals surface area contributed by atoms with Gasteiger partial charge in [0, 0.05) is 58.6 Å². The summed E-state index contributed by atoms with van der Waals surface area (Å²) in [5, 5.41) is 3.90. The minimum atomic E-state index is -0.197. The minimum Gasteiger partial charge on any atom is -0.496 e. The van der Waals surface area contributed by atoms with E-state index in [1.165, 1.54) is 0 Å². The Balaban J connectivity index is 1.64. The molecule has 128 valence electrons. The van der Waals surface area contributed by atoms with Crippen LogP contribution in [-0.2, 0) is 0 Å². The van der Waals surface area contributed by atoms with E-state index in [2.05, 4.69) is 20.3 Å². The van der Waals surface area contributed by atoms with Gasteiger partial charge in [0.05, 0.1) is 7.11 Å². The lowest BCUT2D eigenvalue weighted by atomic mass is 10.0. The number of hydrogen-bond donors (Lipinski definition) is 2. The van der Waals surface area contributed by atoms with Gasteiger partial charge in [-0.05, 0) is 36.4 Å². The van der Waals surface area contributed by atoms with Crippen molar-refractivity contribution in [1.29, 1.82) is 0 Å². The molecule has 0 radical (unpaired) electrons. The fraction of sp³-hybridized carbons (Fsp3) is 0.0500. The fourth-order valence-corrected chi connectivity index (χ4v) is 2.80. The predicted molar refractivity (Wildman–Crippen MR) is 100 cm³/mol. The minimum absolute atomic E-state index is 0.197. The maximum Gasteiger partial charge on any atom is 0.255 e. The first kappa shape index (κ1) is 15.8. The second-order valence-electron chi connectivity index (χ2n) is 5.74. The molecule has 26 heavy (non-hydrogen) atoms. The topological polar surface area (TPSA) is 79.9 Å². The number of nitrogens with one attached hydrogen (secondary N) is 2. The lowest BCUT2D eigenvalue weighted by Crippen LogP contribution is -2.11. The zero-order valence-corrected chi connectivity index (χ0v) is 14.1. The molecule has 4 rings (SSSR count). The van der Waals surface area contributed by atoms with E-state index >= 15 is 0 Å². The number of H-pyrrole nitrogens is 1. The van der Waals surface area contributed by atoms with Crippen LogP contribution in [0.1, 0.15) is 10.4 Å². The van der Waals surface area contributed by atoms with Crippen molar-refractivity contribution in [3.05, 3.63) is 72.8 Å². The third kappa shape index (κ3) is 3.00. The Bertz CT molecular complexity index is 1070. The molecule has 0 unspecified atom stereocenters. The summed E-state index contributed by atoms with van der Waals surface area (Å²) in [4.78, 5) is 23.7. The Hall–Kier alpha value is -3.67. The number of aromatic nitrogens is 3. The molecule has 0 saturated heterocycles. The van der Waals surface area contributed by atoms with Crippen LogP contribution in [0, 0.1) is 0 Å². The number of pyridine rings is 2. The second kappa shape index (κ2) is 6.68. The summed E-state index contributed by atoms with van der Waals surface area (Å²) in [6.45, 7) is 0. The molecule has 0 aliphatic heterocycles. The highest BCUT2D eigenvalue weighted by Gasteiger charge is 2.11. The molecule has 6 nitrogen and oxygen atoms in total. The SMILES string of the molecule is COc1cc(NC(=O)c2ccncc2)ccc1-c1cnc2[nH]ccc2c1. The summed E-state index contributed by atoms with van der Waals surface area (Å²) in [7, 11) is 1.61. The van der Waals surface area contributed by atoms with Crippen LogP contribution in [0.2, 0.25) is 0 Å². The zero-order chi connectivity index (χ0) is 17.9. The number of ether oxygens (including phenoxy) is 1. The van der Waals surface area contributed by atoms with Gasteiger partial charge in [0.2, 0.25) is 0 Å². The number of anilines is 1. The van der Waals surface area contributed by atoms with Gasteiger partial charge >= 0.3 is 0 Å². The van der Waals surface area contributed by atoms with Crippen molar-refractivity contribution < 1.29 is 9.53 Å². The third-order valence-electron chi connectivity index (χ3n) is 4.11. The molecule has 1 amide bonds. The molecular formula is C20H16N4O2. The normalized spacial score (nSPS) is 10.7. The fourth-order valence-electron chi connectivity index (χ4n) is 2.80. The van der Waals surface area contributed by atoms with Crippen LogP contribution in [-0.4, -0.2) is 28.0 Å². The molecule has 3 heterocycles. The molecule has 3 aromatic heterocycles. The van der Waals surface area contributed by atoms with Crippen LogP contribution in [0.3, 0.4) is 0 Å². The van der Waals surface area contributed by atoms with Gasteiger partial charge in [0.25, 0.3) is 5.91 Å². The summed E-state index contributed by atoms with van der Waals surface area (Å²) in [5.41, 5.74) is 3.90. The summed E-state index contributed by atoms with van der Waals surface area (Å²) in [5.74, 6) is 0.465. The van der Waals surface area contributed by atoms with Crippen molar-refractivity contribution >= 4 is 22.6 Å². The quantitative estimate of drug-likeness (QED) is 0.589. The molecule has 0 aliphatic rings. The average Bonchev–Trinajstić information content (AvgIpc) is 3.16. The number of amides is 1. The van der Waals surface area contributed by atoms with Crippen molar-refractivity contribution in [2.45, 2.75) is 0 Å². The number of benzene rings is 1. The van der Waals surface area contributed by atoms with Crippen molar-refractivity contribution in [3.8, 4) is 16.9 Å². The largest absolute Gasteiger partial charge is 0.496 e. The zero-order valence-electron chi connectivity index (χ0n) is 14.1. The van der Waals surface area contributed by atoms with Gasteiger partial charge in [-0.1, -0.05) is 0 Å². The van der Waals surface area contributed by atoms with Crippen LogP contribution in [0.15, 0.2) is 67.3 Å².